The van der Waals surface area contributed by atoms with Crippen molar-refractivity contribution in [2.24, 2.45) is 11.8 Å². The molecule has 1 saturated carbocycles. The lowest BCUT2D eigenvalue weighted by Crippen LogP contribution is -2.55. The van der Waals surface area contributed by atoms with Gasteiger partial charge in [-0.25, -0.2) is 0 Å². The zero-order valence-electron chi connectivity index (χ0n) is 18.1. The molecule has 0 radical (unpaired) electrons. The standard InChI is InChI=1S/C25H31N3O2S/c29-24-19-6-1-2-7-20(19)25(30)28(24)11-4-3-10-26-12-13-27-18(15-26)14-17-16-31-22-9-5-8-21(27)23(17)22/h5,8-9,16,18-20H,1-4,6-7,10-15H2. The number of piperazine rings is 1. The molecule has 3 aliphatic heterocycles. The van der Waals surface area contributed by atoms with E-state index in [-0.39, 0.29) is 23.7 Å². The van der Waals surface area contributed by atoms with Crippen molar-refractivity contribution in [2.45, 2.75) is 51.0 Å². The molecule has 31 heavy (non-hydrogen) atoms. The molecule has 1 aromatic heterocycles. The summed E-state index contributed by atoms with van der Waals surface area (Å²) >= 11 is 1.88. The lowest BCUT2D eigenvalue weighted by atomic mass is 9.81. The number of fused-ring (bicyclic) bond motifs is 3. The molecule has 0 spiro atoms. The molecule has 6 rings (SSSR count). The Morgan fingerprint density at radius 2 is 1.74 bits per heavy atom. The van der Waals surface area contributed by atoms with E-state index in [0.29, 0.717) is 12.6 Å². The van der Waals surface area contributed by atoms with E-state index >= 15 is 0 Å². The number of benzene rings is 1. The fraction of sp³-hybridized carbons (Fsp3) is 0.600. The lowest BCUT2D eigenvalue weighted by molar-refractivity contribution is -0.140. The predicted molar refractivity (Wildman–Crippen MR) is 125 cm³/mol. The van der Waals surface area contributed by atoms with Gasteiger partial charge in [-0.1, -0.05) is 18.9 Å². The summed E-state index contributed by atoms with van der Waals surface area (Å²) in [7, 11) is 0. The monoisotopic (exact) mass is 437 g/mol. The topological polar surface area (TPSA) is 43.9 Å². The molecule has 1 aliphatic carbocycles. The third-order valence-electron chi connectivity index (χ3n) is 8.02. The Bertz CT molecular complexity index is 993. The highest BCUT2D eigenvalue weighted by atomic mass is 32.1. The normalized spacial score (nSPS) is 28.3. The summed E-state index contributed by atoms with van der Waals surface area (Å²) in [5.74, 6) is 0.219. The number of likely N-dealkylation sites (tertiary alicyclic amines) is 1. The molecule has 3 atom stereocenters. The fourth-order valence-corrected chi connectivity index (χ4v) is 7.44. The predicted octanol–water partition coefficient (Wildman–Crippen LogP) is 3.90. The van der Waals surface area contributed by atoms with Crippen molar-refractivity contribution >= 4 is 38.9 Å². The first-order chi connectivity index (χ1) is 15.2. The minimum absolute atomic E-state index is 0.00734. The van der Waals surface area contributed by atoms with Gasteiger partial charge in [0.25, 0.3) is 0 Å². The zero-order chi connectivity index (χ0) is 20.9. The second kappa shape index (κ2) is 7.89. The van der Waals surface area contributed by atoms with Crippen LogP contribution in [0, 0.1) is 11.8 Å². The highest BCUT2D eigenvalue weighted by Gasteiger charge is 2.47. The number of hydrogen-bond acceptors (Lipinski definition) is 5. The molecule has 3 fully saturated rings. The number of amides is 2. The Balaban J connectivity index is 1.02. The maximum absolute atomic E-state index is 12.6. The Morgan fingerprint density at radius 1 is 0.968 bits per heavy atom. The molecule has 2 amide bonds. The van der Waals surface area contributed by atoms with Crippen molar-refractivity contribution in [3.8, 4) is 0 Å². The summed E-state index contributed by atoms with van der Waals surface area (Å²) in [6.07, 6.45) is 7.15. The zero-order valence-corrected chi connectivity index (χ0v) is 18.9. The van der Waals surface area contributed by atoms with Crippen molar-refractivity contribution < 1.29 is 9.59 Å². The molecule has 6 heteroatoms. The smallest absolute Gasteiger partial charge is 0.233 e. The number of rotatable bonds is 5. The number of anilines is 1. The number of thiophene rings is 1. The molecule has 1 aromatic carbocycles. The van der Waals surface area contributed by atoms with Crippen LogP contribution in [0.4, 0.5) is 5.69 Å². The van der Waals surface area contributed by atoms with Crippen LogP contribution < -0.4 is 4.90 Å². The van der Waals surface area contributed by atoms with Crippen molar-refractivity contribution in [1.29, 1.82) is 0 Å². The second-order valence-corrected chi connectivity index (χ2v) is 10.7. The van der Waals surface area contributed by atoms with Crippen LogP contribution in [0.2, 0.25) is 0 Å². The molecule has 4 heterocycles. The van der Waals surface area contributed by atoms with E-state index in [1.807, 2.05) is 11.3 Å². The Labute approximate surface area is 188 Å². The molecule has 5 nitrogen and oxygen atoms in total. The minimum atomic E-state index is -0.00734. The summed E-state index contributed by atoms with van der Waals surface area (Å²) in [5, 5.41) is 3.84. The van der Waals surface area contributed by atoms with Gasteiger partial charge < -0.3 is 4.90 Å². The van der Waals surface area contributed by atoms with E-state index in [1.54, 1.807) is 4.90 Å². The van der Waals surface area contributed by atoms with Crippen LogP contribution in [0.25, 0.3) is 10.1 Å². The highest BCUT2D eigenvalue weighted by molar-refractivity contribution is 7.17. The summed E-state index contributed by atoms with van der Waals surface area (Å²) < 4.78 is 1.42. The molecule has 164 valence electrons. The molecular formula is C25H31N3O2S. The van der Waals surface area contributed by atoms with Gasteiger partial charge in [-0.2, -0.15) is 0 Å². The number of unbranched alkanes of at least 4 members (excludes halogenated alkanes) is 1. The first kappa shape index (κ1) is 19.7. The molecule has 0 N–H and O–H groups in total. The lowest BCUT2D eigenvalue weighted by Gasteiger charge is -2.45. The molecule has 3 unspecified atom stereocenters. The van der Waals surface area contributed by atoms with E-state index < -0.39 is 0 Å². The van der Waals surface area contributed by atoms with E-state index in [9.17, 15) is 9.59 Å². The van der Waals surface area contributed by atoms with Gasteiger partial charge >= 0.3 is 0 Å². The van der Waals surface area contributed by atoms with Crippen LogP contribution in [0.3, 0.4) is 0 Å². The molecule has 2 aromatic rings. The van der Waals surface area contributed by atoms with E-state index in [0.717, 1.165) is 71.1 Å². The van der Waals surface area contributed by atoms with E-state index in [2.05, 4.69) is 33.4 Å². The van der Waals surface area contributed by atoms with Gasteiger partial charge in [0.05, 0.1) is 11.8 Å². The molecule has 0 bridgehead atoms. The number of imide groups is 1. The van der Waals surface area contributed by atoms with Gasteiger partial charge in [0.1, 0.15) is 0 Å². The summed E-state index contributed by atoms with van der Waals surface area (Å²) in [6.45, 7) is 4.98. The van der Waals surface area contributed by atoms with Crippen LogP contribution in [0.5, 0.6) is 0 Å². The van der Waals surface area contributed by atoms with Crippen LogP contribution in [0.15, 0.2) is 23.6 Å². The molecular weight excluding hydrogens is 406 g/mol. The maximum atomic E-state index is 12.6. The van der Waals surface area contributed by atoms with Gasteiger partial charge in [-0.15, -0.1) is 11.3 Å². The van der Waals surface area contributed by atoms with Gasteiger partial charge in [-0.05, 0) is 61.7 Å². The Hall–Kier alpha value is -1.92. The van der Waals surface area contributed by atoms with Crippen molar-refractivity contribution in [3.63, 3.8) is 0 Å². The largest absolute Gasteiger partial charge is 0.365 e. The third kappa shape index (κ3) is 3.30. The van der Waals surface area contributed by atoms with Crippen molar-refractivity contribution in [2.75, 3.05) is 37.6 Å². The Kier molecular flexibility index (Phi) is 5.03. The number of carbonyl (C=O) groups excluding carboxylic acids is 2. The second-order valence-electron chi connectivity index (χ2n) is 9.80. The van der Waals surface area contributed by atoms with Crippen LogP contribution in [-0.2, 0) is 16.0 Å². The van der Waals surface area contributed by atoms with Crippen molar-refractivity contribution in [1.82, 2.24) is 9.80 Å². The average Bonchev–Trinajstić information content (AvgIpc) is 3.32. The van der Waals surface area contributed by atoms with Crippen LogP contribution >= 0.6 is 11.3 Å². The molecule has 4 aliphatic rings. The van der Waals surface area contributed by atoms with Crippen molar-refractivity contribution in [3.05, 3.63) is 29.1 Å². The number of carbonyl (C=O) groups is 2. The number of nitrogens with zero attached hydrogens (tertiary/aromatic N) is 3. The summed E-state index contributed by atoms with van der Waals surface area (Å²) in [5.41, 5.74) is 2.95. The summed E-state index contributed by atoms with van der Waals surface area (Å²) in [6, 6.07) is 7.30. The SMILES string of the molecule is O=C1C2CCCCC2C(=O)N1CCCCN1CCN2c3cccc4scc(c34)CC2C1. The van der Waals surface area contributed by atoms with Gasteiger partial charge in [0.2, 0.25) is 11.8 Å². The van der Waals surface area contributed by atoms with Gasteiger partial charge in [-0.3, -0.25) is 19.4 Å². The molecule has 2 saturated heterocycles. The minimum Gasteiger partial charge on any atom is -0.365 e. The maximum Gasteiger partial charge on any atom is 0.233 e. The highest BCUT2D eigenvalue weighted by Crippen LogP contribution is 2.41. The van der Waals surface area contributed by atoms with Crippen LogP contribution in [0.1, 0.15) is 44.1 Å². The van der Waals surface area contributed by atoms with Gasteiger partial charge in [0.15, 0.2) is 0 Å². The number of hydrogen-bond donors (Lipinski definition) is 0. The average molecular weight is 438 g/mol. The first-order valence-corrected chi connectivity index (χ1v) is 12.9. The first-order valence-electron chi connectivity index (χ1n) is 12.0. The van der Waals surface area contributed by atoms with E-state index in [4.69, 9.17) is 0 Å². The van der Waals surface area contributed by atoms with E-state index in [1.165, 1.54) is 21.3 Å². The van der Waals surface area contributed by atoms with Gasteiger partial charge in [0, 0.05) is 48.0 Å². The van der Waals surface area contributed by atoms with Crippen LogP contribution in [-0.4, -0.2) is 60.4 Å². The fourth-order valence-electron chi connectivity index (χ4n) is 6.45. The third-order valence-corrected chi connectivity index (χ3v) is 9.02. The Morgan fingerprint density at radius 3 is 2.55 bits per heavy atom. The summed E-state index contributed by atoms with van der Waals surface area (Å²) in [4.78, 5) is 32.1. The quantitative estimate of drug-likeness (QED) is 0.526.